The number of hydrogen-bond donors (Lipinski definition) is 1. The van der Waals surface area contributed by atoms with Crippen LogP contribution in [-0.4, -0.2) is 74.1 Å². The fourth-order valence-electron chi connectivity index (χ4n) is 5.26. The molecular formula is C27H28FN7O3S. The molecule has 2 bridgehead atoms. The van der Waals surface area contributed by atoms with E-state index in [9.17, 15) is 14.8 Å². The molecule has 3 aliphatic rings. The van der Waals surface area contributed by atoms with Crippen molar-refractivity contribution in [2.75, 3.05) is 31.7 Å². The molecule has 0 spiro atoms. The highest BCUT2D eigenvalue weighted by atomic mass is 32.1. The van der Waals surface area contributed by atoms with Gasteiger partial charge < -0.3 is 19.5 Å². The fourth-order valence-corrected chi connectivity index (χ4v) is 6.21. The first-order valence-electron chi connectivity index (χ1n) is 12.6. The van der Waals surface area contributed by atoms with Gasteiger partial charge >= 0.3 is 0 Å². The van der Waals surface area contributed by atoms with Crippen molar-refractivity contribution in [2.45, 2.75) is 44.5 Å². The predicted molar refractivity (Wildman–Crippen MR) is 144 cm³/mol. The van der Waals surface area contributed by atoms with E-state index in [2.05, 4.69) is 26.0 Å². The van der Waals surface area contributed by atoms with Crippen LogP contribution < -0.4 is 14.4 Å². The Labute approximate surface area is 228 Å². The van der Waals surface area contributed by atoms with Crippen LogP contribution in [0.3, 0.4) is 0 Å². The molecule has 202 valence electrons. The lowest BCUT2D eigenvalue weighted by molar-refractivity contribution is -0.00860. The Morgan fingerprint density at radius 2 is 2.00 bits per heavy atom. The van der Waals surface area contributed by atoms with Crippen molar-refractivity contribution in [3.63, 3.8) is 0 Å². The third-order valence-corrected chi connectivity index (χ3v) is 8.19. The quantitative estimate of drug-likeness (QED) is 0.353. The maximum Gasteiger partial charge on any atom is 0.250 e. The van der Waals surface area contributed by atoms with Gasteiger partial charge in [-0.3, -0.25) is 4.90 Å². The number of rotatable bonds is 8. The first kappa shape index (κ1) is 25.5. The molecule has 4 aromatic rings. The Bertz CT molecular complexity index is 1560. The normalized spacial score (nSPS) is 19.1. The van der Waals surface area contributed by atoms with Gasteiger partial charge in [0.05, 0.1) is 41.1 Å². The number of piperidine rings is 1. The summed E-state index contributed by atoms with van der Waals surface area (Å²) in [4.78, 5) is 14.4. The van der Waals surface area contributed by atoms with Crippen LogP contribution in [0.15, 0.2) is 36.9 Å². The van der Waals surface area contributed by atoms with Crippen LogP contribution >= 0.6 is 11.3 Å². The van der Waals surface area contributed by atoms with Gasteiger partial charge in [-0.2, -0.15) is 10.4 Å². The zero-order valence-electron chi connectivity index (χ0n) is 21.8. The monoisotopic (exact) mass is 549 g/mol. The summed E-state index contributed by atoms with van der Waals surface area (Å²) in [5.74, 6) is 0.109. The number of nitriles is 1. The molecule has 7 heterocycles. The average Bonchev–Trinajstić information content (AvgIpc) is 3.57. The molecular weight excluding hydrogens is 521 g/mol. The average molecular weight is 550 g/mol. The molecule has 3 saturated heterocycles. The largest absolute Gasteiger partial charge is 0.489 e. The van der Waals surface area contributed by atoms with Crippen molar-refractivity contribution in [3.05, 3.63) is 53.9 Å². The number of halogens is 1. The molecule has 0 radical (unpaired) electrons. The number of aromatic nitrogens is 4. The minimum absolute atomic E-state index is 0.0118. The Balaban J connectivity index is 1.21. The summed E-state index contributed by atoms with van der Waals surface area (Å²) in [6.45, 7) is 5.78. The van der Waals surface area contributed by atoms with Crippen LogP contribution in [0.5, 0.6) is 11.6 Å². The van der Waals surface area contributed by atoms with Gasteiger partial charge in [-0.15, -0.1) is 0 Å². The SMILES string of the molecule is COc1ncc(CN2C3CC2CN(c2ncc(-c4cc(OCC(C)(C)O)cn5ncc(C#N)c45)s2)C3)cc1F. The van der Waals surface area contributed by atoms with Crippen molar-refractivity contribution in [3.8, 4) is 28.1 Å². The fraction of sp³-hybridized carbons (Fsp3) is 0.407. The number of nitrogens with zero attached hydrogens (tertiary/aromatic N) is 7. The highest BCUT2D eigenvalue weighted by Crippen LogP contribution is 2.41. The Morgan fingerprint density at radius 3 is 2.69 bits per heavy atom. The van der Waals surface area contributed by atoms with Crippen LogP contribution in [0.2, 0.25) is 0 Å². The zero-order valence-corrected chi connectivity index (χ0v) is 22.7. The van der Waals surface area contributed by atoms with E-state index in [4.69, 9.17) is 14.5 Å². The van der Waals surface area contributed by atoms with E-state index < -0.39 is 11.4 Å². The van der Waals surface area contributed by atoms with Crippen LogP contribution in [0.1, 0.15) is 31.4 Å². The number of ether oxygens (including phenoxy) is 2. The highest BCUT2D eigenvalue weighted by Gasteiger charge is 2.45. The van der Waals surface area contributed by atoms with Crippen LogP contribution in [0, 0.1) is 17.1 Å². The van der Waals surface area contributed by atoms with E-state index in [0.717, 1.165) is 40.6 Å². The van der Waals surface area contributed by atoms with Crippen LogP contribution in [0.4, 0.5) is 9.52 Å². The third-order valence-electron chi connectivity index (χ3n) is 7.10. The molecule has 2 atom stereocenters. The lowest BCUT2D eigenvalue weighted by atomic mass is 9.87. The van der Waals surface area contributed by atoms with Gasteiger partial charge in [0.1, 0.15) is 18.4 Å². The Hall–Kier alpha value is -3.79. The third kappa shape index (κ3) is 4.89. The molecule has 10 nitrogen and oxygen atoms in total. The van der Waals surface area contributed by atoms with Crippen LogP contribution in [0.25, 0.3) is 16.0 Å². The summed E-state index contributed by atoms with van der Waals surface area (Å²) in [6.07, 6.45) is 7.85. The van der Waals surface area contributed by atoms with E-state index in [-0.39, 0.29) is 12.5 Å². The Morgan fingerprint density at radius 1 is 1.21 bits per heavy atom. The number of anilines is 1. The van der Waals surface area contributed by atoms with E-state index in [1.54, 1.807) is 42.1 Å². The van der Waals surface area contributed by atoms with Crippen molar-refractivity contribution in [1.29, 1.82) is 5.26 Å². The molecule has 12 heteroatoms. The molecule has 4 aromatic heterocycles. The van der Waals surface area contributed by atoms with Crippen molar-refractivity contribution in [1.82, 2.24) is 24.5 Å². The topological polar surface area (TPSA) is 112 Å². The van der Waals surface area contributed by atoms with Crippen LogP contribution in [-0.2, 0) is 6.54 Å². The van der Waals surface area contributed by atoms with Crippen molar-refractivity contribution < 1.29 is 19.0 Å². The molecule has 3 fully saturated rings. The van der Waals surface area contributed by atoms with E-state index in [1.807, 2.05) is 12.3 Å². The maximum atomic E-state index is 14.1. The Kier molecular flexibility index (Phi) is 6.37. The number of aliphatic hydroxyl groups is 1. The summed E-state index contributed by atoms with van der Waals surface area (Å²) >= 11 is 1.56. The molecule has 0 amide bonds. The van der Waals surface area contributed by atoms with Gasteiger partial charge in [0.2, 0.25) is 5.88 Å². The van der Waals surface area contributed by atoms with E-state index in [1.165, 1.54) is 19.4 Å². The first-order valence-corrected chi connectivity index (χ1v) is 13.5. The molecule has 39 heavy (non-hydrogen) atoms. The van der Waals surface area contributed by atoms with Gasteiger partial charge in [0.15, 0.2) is 10.9 Å². The molecule has 0 saturated carbocycles. The number of hydrogen-bond acceptors (Lipinski definition) is 10. The molecule has 0 aliphatic carbocycles. The van der Waals surface area contributed by atoms with Gasteiger partial charge in [-0.05, 0) is 38.0 Å². The number of methoxy groups -OCH3 is 1. The zero-order chi connectivity index (χ0) is 27.3. The van der Waals surface area contributed by atoms with Gasteiger partial charge in [-0.25, -0.2) is 18.9 Å². The molecule has 7 rings (SSSR count). The number of thiazole rings is 1. The lowest BCUT2D eigenvalue weighted by Crippen LogP contribution is -2.68. The maximum absolute atomic E-state index is 14.1. The number of piperazine rings is 1. The second-order valence-corrected chi connectivity index (χ2v) is 11.6. The summed E-state index contributed by atoms with van der Waals surface area (Å²) in [5, 5.41) is 25.0. The van der Waals surface area contributed by atoms with Crippen molar-refractivity contribution >= 4 is 22.0 Å². The van der Waals surface area contributed by atoms with Crippen molar-refractivity contribution in [2.24, 2.45) is 0 Å². The van der Waals surface area contributed by atoms with E-state index >= 15 is 0 Å². The standard InChI is InChI=1S/C27H28FN7O3S/c1-27(2,36)15-38-20-6-21(24-17(7-29)9-32-35(24)14-20)23-10-31-26(39-23)33-12-18-5-19(13-33)34(18)11-16-4-22(28)25(37-3)30-8-16/h4,6,8-10,14,18-19,36H,5,11-13,15H2,1-3H3. The summed E-state index contributed by atoms with van der Waals surface area (Å²) < 4.78 is 26.5. The second-order valence-electron chi connectivity index (χ2n) is 10.6. The predicted octanol–water partition coefficient (Wildman–Crippen LogP) is 3.48. The second kappa shape index (κ2) is 9.75. The minimum atomic E-state index is -0.990. The first-order chi connectivity index (χ1) is 18.7. The van der Waals surface area contributed by atoms with Gasteiger partial charge in [0, 0.05) is 49.7 Å². The van der Waals surface area contributed by atoms with Gasteiger partial charge in [-0.1, -0.05) is 11.3 Å². The van der Waals surface area contributed by atoms with Gasteiger partial charge in [0.25, 0.3) is 0 Å². The highest BCUT2D eigenvalue weighted by molar-refractivity contribution is 7.19. The molecule has 1 N–H and O–H groups in total. The molecule has 0 aromatic carbocycles. The lowest BCUT2D eigenvalue weighted by Gasteiger charge is -2.56. The minimum Gasteiger partial charge on any atom is -0.489 e. The molecule has 3 aliphatic heterocycles. The summed E-state index contributed by atoms with van der Waals surface area (Å²) in [7, 11) is 1.41. The smallest absolute Gasteiger partial charge is 0.250 e. The number of pyridine rings is 2. The molecule has 2 unspecified atom stereocenters. The summed E-state index contributed by atoms with van der Waals surface area (Å²) in [5.41, 5.74) is 1.80. The van der Waals surface area contributed by atoms with E-state index in [0.29, 0.717) is 35.5 Å². The summed E-state index contributed by atoms with van der Waals surface area (Å²) in [6, 6.07) is 6.30. The number of fused-ring (bicyclic) bond motifs is 3.